The Hall–Kier alpha value is -1.61. The fourth-order valence-corrected chi connectivity index (χ4v) is 2.53. The molecule has 0 saturated carbocycles. The maximum Gasteiger partial charge on any atom is 0.249 e. The third-order valence-electron chi connectivity index (χ3n) is 3.65. The average molecular weight is 265 g/mol. The van der Waals surface area contributed by atoms with Crippen LogP contribution in [0.3, 0.4) is 0 Å². The van der Waals surface area contributed by atoms with Gasteiger partial charge in [-0.15, -0.1) is 0 Å². The van der Waals surface area contributed by atoms with E-state index in [4.69, 9.17) is 10.00 Å². The van der Waals surface area contributed by atoms with Gasteiger partial charge in [0.15, 0.2) is 0 Å². The highest BCUT2D eigenvalue weighted by Gasteiger charge is 2.28. The maximum absolute atomic E-state index is 11.9. The minimum absolute atomic E-state index is 0.0284. The quantitative estimate of drug-likeness (QED) is 0.789. The standard InChI is InChI=1S/C13H19N3O3/c14-6-3-12(17)16-7-4-10(5-8-16)15-13(18)11-2-1-9-19-11/h10-11H,1-5,7-9H2,(H,15,18). The number of ether oxygens (including phenoxy) is 1. The number of hydrogen-bond donors (Lipinski definition) is 1. The molecule has 6 nitrogen and oxygen atoms in total. The Morgan fingerprint density at radius 1 is 1.32 bits per heavy atom. The largest absolute Gasteiger partial charge is 0.368 e. The molecule has 2 fully saturated rings. The van der Waals surface area contributed by atoms with E-state index in [1.165, 1.54) is 0 Å². The molecule has 0 aliphatic carbocycles. The van der Waals surface area contributed by atoms with Crippen molar-refractivity contribution in [3.63, 3.8) is 0 Å². The molecule has 1 atom stereocenters. The molecule has 19 heavy (non-hydrogen) atoms. The maximum atomic E-state index is 11.9. The zero-order valence-electron chi connectivity index (χ0n) is 10.9. The Morgan fingerprint density at radius 3 is 2.63 bits per heavy atom. The summed E-state index contributed by atoms with van der Waals surface area (Å²) in [7, 11) is 0. The molecule has 2 saturated heterocycles. The minimum Gasteiger partial charge on any atom is -0.368 e. The summed E-state index contributed by atoms with van der Waals surface area (Å²) >= 11 is 0. The third kappa shape index (κ3) is 3.67. The summed E-state index contributed by atoms with van der Waals surface area (Å²) < 4.78 is 5.33. The predicted octanol–water partition coefficient (Wildman–Crippen LogP) is 0.186. The van der Waals surface area contributed by atoms with E-state index in [0.29, 0.717) is 19.7 Å². The van der Waals surface area contributed by atoms with Gasteiger partial charge in [-0.05, 0) is 25.7 Å². The number of hydrogen-bond acceptors (Lipinski definition) is 4. The molecule has 0 spiro atoms. The summed E-state index contributed by atoms with van der Waals surface area (Å²) in [6.07, 6.45) is 2.88. The van der Waals surface area contributed by atoms with Crippen LogP contribution in [0.2, 0.25) is 0 Å². The van der Waals surface area contributed by atoms with Crippen LogP contribution in [0.15, 0.2) is 0 Å². The summed E-state index contributed by atoms with van der Waals surface area (Å²) in [4.78, 5) is 25.1. The lowest BCUT2D eigenvalue weighted by molar-refractivity contribution is -0.132. The van der Waals surface area contributed by atoms with Gasteiger partial charge in [0.25, 0.3) is 0 Å². The van der Waals surface area contributed by atoms with Gasteiger partial charge in [-0.3, -0.25) is 9.59 Å². The molecular weight excluding hydrogens is 246 g/mol. The Kier molecular flexibility index (Phi) is 4.74. The normalized spacial score (nSPS) is 23.9. The van der Waals surface area contributed by atoms with Crippen molar-refractivity contribution in [1.82, 2.24) is 10.2 Å². The van der Waals surface area contributed by atoms with Crippen LogP contribution in [0, 0.1) is 11.3 Å². The van der Waals surface area contributed by atoms with Crippen LogP contribution < -0.4 is 5.32 Å². The fourth-order valence-electron chi connectivity index (χ4n) is 2.53. The molecule has 1 N–H and O–H groups in total. The van der Waals surface area contributed by atoms with E-state index in [1.54, 1.807) is 4.90 Å². The zero-order valence-corrected chi connectivity index (χ0v) is 10.9. The number of nitrogens with one attached hydrogen (secondary N) is 1. The summed E-state index contributed by atoms with van der Waals surface area (Å²) in [6.45, 7) is 1.88. The van der Waals surface area contributed by atoms with E-state index in [9.17, 15) is 9.59 Å². The average Bonchev–Trinajstić information content (AvgIpc) is 2.94. The van der Waals surface area contributed by atoms with Crippen LogP contribution >= 0.6 is 0 Å². The fraction of sp³-hybridized carbons (Fsp3) is 0.769. The van der Waals surface area contributed by atoms with Gasteiger partial charge in [0.1, 0.15) is 12.5 Å². The van der Waals surface area contributed by atoms with Crippen molar-refractivity contribution in [2.45, 2.75) is 44.2 Å². The van der Waals surface area contributed by atoms with Crippen molar-refractivity contribution in [3.8, 4) is 6.07 Å². The molecular formula is C13H19N3O3. The first-order valence-electron chi connectivity index (χ1n) is 6.77. The SMILES string of the molecule is N#CCC(=O)N1CCC(NC(=O)C2CCCO2)CC1. The Morgan fingerprint density at radius 2 is 2.05 bits per heavy atom. The summed E-state index contributed by atoms with van der Waals surface area (Å²) in [5.74, 6) is -0.147. The van der Waals surface area contributed by atoms with Gasteiger partial charge in [0, 0.05) is 25.7 Å². The molecule has 2 heterocycles. The lowest BCUT2D eigenvalue weighted by Gasteiger charge is -2.32. The topological polar surface area (TPSA) is 82.4 Å². The molecule has 0 aromatic heterocycles. The Balaban J connectivity index is 1.72. The van der Waals surface area contributed by atoms with Crippen LogP contribution in [-0.4, -0.2) is 48.6 Å². The summed E-state index contributed by atoms with van der Waals surface area (Å²) in [5, 5.41) is 11.5. The van der Waals surface area contributed by atoms with E-state index < -0.39 is 0 Å². The van der Waals surface area contributed by atoms with Crippen molar-refractivity contribution >= 4 is 11.8 Å². The summed E-state index contributed by atoms with van der Waals surface area (Å²) in [6, 6.07) is 1.98. The van der Waals surface area contributed by atoms with Crippen molar-refractivity contribution in [2.24, 2.45) is 0 Å². The van der Waals surface area contributed by atoms with Crippen molar-refractivity contribution < 1.29 is 14.3 Å². The van der Waals surface area contributed by atoms with E-state index in [-0.39, 0.29) is 30.4 Å². The van der Waals surface area contributed by atoms with Gasteiger partial charge >= 0.3 is 0 Å². The molecule has 2 amide bonds. The molecule has 0 aromatic rings. The molecule has 2 aliphatic heterocycles. The molecule has 104 valence electrons. The number of nitrogens with zero attached hydrogens (tertiary/aromatic N) is 2. The van der Waals surface area contributed by atoms with Crippen LogP contribution in [0.1, 0.15) is 32.1 Å². The Labute approximate surface area is 112 Å². The molecule has 0 radical (unpaired) electrons. The van der Waals surface area contributed by atoms with Crippen LogP contribution in [-0.2, 0) is 14.3 Å². The van der Waals surface area contributed by atoms with Crippen molar-refractivity contribution in [1.29, 1.82) is 5.26 Å². The van der Waals surface area contributed by atoms with Crippen LogP contribution in [0.5, 0.6) is 0 Å². The highest BCUT2D eigenvalue weighted by Crippen LogP contribution is 2.15. The monoisotopic (exact) mass is 265 g/mol. The van der Waals surface area contributed by atoms with Gasteiger partial charge in [0.2, 0.25) is 11.8 Å². The molecule has 2 rings (SSSR count). The first-order valence-corrected chi connectivity index (χ1v) is 6.77. The molecule has 0 aromatic carbocycles. The number of carbonyl (C=O) groups is 2. The molecule has 6 heteroatoms. The lowest BCUT2D eigenvalue weighted by Crippen LogP contribution is -2.48. The summed E-state index contributed by atoms with van der Waals surface area (Å²) in [5.41, 5.74) is 0. The predicted molar refractivity (Wildman–Crippen MR) is 66.9 cm³/mol. The third-order valence-corrected chi connectivity index (χ3v) is 3.65. The van der Waals surface area contributed by atoms with E-state index >= 15 is 0 Å². The smallest absolute Gasteiger partial charge is 0.249 e. The molecule has 1 unspecified atom stereocenters. The van der Waals surface area contributed by atoms with Crippen molar-refractivity contribution in [2.75, 3.05) is 19.7 Å². The number of carbonyl (C=O) groups excluding carboxylic acids is 2. The van der Waals surface area contributed by atoms with Gasteiger partial charge in [-0.1, -0.05) is 0 Å². The zero-order chi connectivity index (χ0) is 13.7. The van der Waals surface area contributed by atoms with Crippen molar-refractivity contribution in [3.05, 3.63) is 0 Å². The second kappa shape index (κ2) is 6.53. The second-order valence-electron chi connectivity index (χ2n) is 5.00. The number of nitriles is 1. The highest BCUT2D eigenvalue weighted by atomic mass is 16.5. The first kappa shape index (κ1) is 13.8. The number of likely N-dealkylation sites (tertiary alicyclic amines) is 1. The first-order chi connectivity index (χ1) is 9.20. The van der Waals surface area contributed by atoms with E-state index in [2.05, 4.69) is 5.32 Å². The van der Waals surface area contributed by atoms with Gasteiger partial charge in [0.05, 0.1) is 6.07 Å². The number of amides is 2. The van der Waals surface area contributed by atoms with E-state index in [1.807, 2.05) is 6.07 Å². The van der Waals surface area contributed by atoms with Gasteiger partial charge < -0.3 is 15.0 Å². The van der Waals surface area contributed by atoms with Crippen LogP contribution in [0.25, 0.3) is 0 Å². The number of rotatable bonds is 3. The molecule has 2 aliphatic rings. The lowest BCUT2D eigenvalue weighted by atomic mass is 10.0. The van der Waals surface area contributed by atoms with Crippen LogP contribution in [0.4, 0.5) is 0 Å². The Bertz CT molecular complexity index is 377. The second-order valence-corrected chi connectivity index (χ2v) is 5.00. The van der Waals surface area contributed by atoms with Gasteiger partial charge in [-0.2, -0.15) is 5.26 Å². The molecule has 0 bridgehead atoms. The minimum atomic E-state index is -0.293. The van der Waals surface area contributed by atoms with Gasteiger partial charge in [-0.25, -0.2) is 0 Å². The number of piperidine rings is 1. The van der Waals surface area contributed by atoms with E-state index in [0.717, 1.165) is 25.7 Å². The highest BCUT2D eigenvalue weighted by molar-refractivity contribution is 5.81.